The molecule has 12 heavy (non-hydrogen) atoms. The molecule has 0 spiro atoms. The highest BCUT2D eigenvalue weighted by molar-refractivity contribution is 5.80. The molecule has 1 rings (SSSR count). The average molecular weight is 171 g/mol. The molecule has 0 bridgehead atoms. The van der Waals surface area contributed by atoms with Crippen LogP contribution >= 0.6 is 0 Å². The molecular weight excluding hydrogens is 154 g/mol. The molecule has 0 radical (unpaired) electrons. The number of rotatable bonds is 3. The Bertz CT molecular complexity index is 151. The lowest BCUT2D eigenvalue weighted by Crippen LogP contribution is -2.32. The van der Waals surface area contributed by atoms with Crippen LogP contribution in [0, 0.1) is 5.92 Å². The van der Waals surface area contributed by atoms with Crippen LogP contribution in [0.2, 0.25) is 0 Å². The van der Waals surface area contributed by atoms with Gasteiger partial charge in [0, 0.05) is 18.4 Å². The fraction of sp³-hybridized carbons (Fsp3) is 0.889. The van der Waals surface area contributed by atoms with Crippen molar-refractivity contribution in [3.05, 3.63) is 0 Å². The first-order chi connectivity index (χ1) is 5.77. The van der Waals surface area contributed by atoms with Crippen LogP contribution in [0.5, 0.6) is 0 Å². The molecule has 1 saturated carbocycles. The van der Waals surface area contributed by atoms with Crippen LogP contribution in [0.25, 0.3) is 0 Å². The van der Waals surface area contributed by atoms with Crippen molar-refractivity contribution in [1.82, 2.24) is 5.48 Å². The van der Waals surface area contributed by atoms with E-state index in [4.69, 9.17) is 5.21 Å². The third-order valence-corrected chi connectivity index (χ3v) is 2.71. The Morgan fingerprint density at radius 3 is 2.42 bits per heavy atom. The number of Topliss-reactive ketones (excluding diaryl/α,β-unsaturated/α-hetero) is 1. The Balaban J connectivity index is 2.30. The molecule has 0 atom stereocenters. The molecule has 1 aliphatic carbocycles. The van der Waals surface area contributed by atoms with E-state index in [9.17, 15) is 4.79 Å². The number of carbonyl (C=O) groups is 1. The summed E-state index contributed by atoms with van der Waals surface area (Å²) in [5.74, 6) is 0.644. The Morgan fingerprint density at radius 2 is 2.00 bits per heavy atom. The predicted molar refractivity (Wildman–Crippen MR) is 46.0 cm³/mol. The van der Waals surface area contributed by atoms with Gasteiger partial charge in [0.1, 0.15) is 5.78 Å². The Kier molecular flexibility index (Phi) is 3.69. The zero-order chi connectivity index (χ0) is 8.97. The quantitative estimate of drug-likeness (QED) is 0.633. The van der Waals surface area contributed by atoms with Gasteiger partial charge in [-0.05, 0) is 25.7 Å². The Labute approximate surface area is 73.1 Å². The van der Waals surface area contributed by atoms with Crippen LogP contribution in [-0.4, -0.2) is 17.0 Å². The fourth-order valence-corrected chi connectivity index (χ4v) is 1.83. The highest BCUT2D eigenvalue weighted by Gasteiger charge is 2.24. The van der Waals surface area contributed by atoms with E-state index in [1.54, 1.807) is 0 Å². The molecule has 1 fully saturated rings. The fourth-order valence-electron chi connectivity index (χ4n) is 1.83. The highest BCUT2D eigenvalue weighted by Crippen LogP contribution is 2.25. The first kappa shape index (κ1) is 9.68. The predicted octanol–water partition coefficient (Wildman–Crippen LogP) is 1.50. The summed E-state index contributed by atoms with van der Waals surface area (Å²) >= 11 is 0. The van der Waals surface area contributed by atoms with Crippen molar-refractivity contribution in [2.45, 2.75) is 45.1 Å². The van der Waals surface area contributed by atoms with E-state index >= 15 is 0 Å². The van der Waals surface area contributed by atoms with Crippen LogP contribution < -0.4 is 5.48 Å². The van der Waals surface area contributed by atoms with E-state index in [1.165, 1.54) is 0 Å². The van der Waals surface area contributed by atoms with E-state index in [2.05, 4.69) is 5.48 Å². The summed E-state index contributed by atoms with van der Waals surface area (Å²) in [6.45, 7) is 1.92. The molecule has 0 saturated heterocycles. The maximum Gasteiger partial charge on any atom is 0.135 e. The molecule has 0 aromatic heterocycles. The summed E-state index contributed by atoms with van der Waals surface area (Å²) in [4.78, 5) is 11.3. The second-order valence-corrected chi connectivity index (χ2v) is 3.50. The number of hydrogen-bond donors (Lipinski definition) is 2. The van der Waals surface area contributed by atoms with Gasteiger partial charge in [-0.2, -0.15) is 0 Å². The first-order valence-corrected chi connectivity index (χ1v) is 4.70. The van der Waals surface area contributed by atoms with Crippen molar-refractivity contribution < 1.29 is 10.0 Å². The molecular formula is C9H17NO2. The van der Waals surface area contributed by atoms with Crippen LogP contribution in [0.1, 0.15) is 39.0 Å². The van der Waals surface area contributed by atoms with E-state index in [0.717, 1.165) is 25.7 Å². The standard InChI is InChI=1S/C9H17NO2/c1-2-9(11)7-3-5-8(10-12)6-4-7/h7-8,10,12H,2-6H2,1H3/t7-,8+. The average Bonchev–Trinajstić information content (AvgIpc) is 2.17. The topological polar surface area (TPSA) is 49.3 Å². The molecule has 3 heteroatoms. The zero-order valence-electron chi connectivity index (χ0n) is 7.55. The third kappa shape index (κ3) is 2.29. The van der Waals surface area contributed by atoms with Gasteiger partial charge in [0.05, 0.1) is 0 Å². The lowest BCUT2D eigenvalue weighted by Gasteiger charge is -2.26. The van der Waals surface area contributed by atoms with E-state index in [-0.39, 0.29) is 12.0 Å². The van der Waals surface area contributed by atoms with Crippen molar-refractivity contribution in [3.8, 4) is 0 Å². The van der Waals surface area contributed by atoms with Gasteiger partial charge < -0.3 is 5.21 Å². The van der Waals surface area contributed by atoms with Crippen LogP contribution in [0.3, 0.4) is 0 Å². The van der Waals surface area contributed by atoms with Gasteiger partial charge in [0.25, 0.3) is 0 Å². The number of nitrogens with one attached hydrogen (secondary N) is 1. The van der Waals surface area contributed by atoms with Gasteiger partial charge >= 0.3 is 0 Å². The van der Waals surface area contributed by atoms with Crippen LogP contribution in [0.15, 0.2) is 0 Å². The zero-order valence-corrected chi connectivity index (χ0v) is 7.55. The van der Waals surface area contributed by atoms with Crippen molar-refractivity contribution >= 4 is 5.78 Å². The summed E-state index contributed by atoms with van der Waals surface area (Å²) < 4.78 is 0. The third-order valence-electron chi connectivity index (χ3n) is 2.71. The minimum atomic E-state index is 0.214. The highest BCUT2D eigenvalue weighted by atomic mass is 16.5. The molecule has 0 aromatic carbocycles. The smallest absolute Gasteiger partial charge is 0.135 e. The Hall–Kier alpha value is -0.410. The van der Waals surface area contributed by atoms with Crippen LogP contribution in [-0.2, 0) is 4.79 Å². The molecule has 0 amide bonds. The van der Waals surface area contributed by atoms with Gasteiger partial charge in [-0.25, -0.2) is 5.48 Å². The van der Waals surface area contributed by atoms with E-state index in [0.29, 0.717) is 12.2 Å². The molecule has 70 valence electrons. The van der Waals surface area contributed by atoms with Gasteiger partial charge in [0.2, 0.25) is 0 Å². The van der Waals surface area contributed by atoms with Crippen molar-refractivity contribution in [3.63, 3.8) is 0 Å². The second kappa shape index (κ2) is 4.58. The number of hydroxylamine groups is 1. The maximum absolute atomic E-state index is 11.3. The first-order valence-electron chi connectivity index (χ1n) is 4.70. The van der Waals surface area contributed by atoms with Gasteiger partial charge in [-0.1, -0.05) is 6.92 Å². The van der Waals surface area contributed by atoms with Crippen molar-refractivity contribution in [2.75, 3.05) is 0 Å². The summed E-state index contributed by atoms with van der Waals surface area (Å²) in [6, 6.07) is 0.214. The van der Waals surface area contributed by atoms with Gasteiger partial charge in [0.15, 0.2) is 0 Å². The molecule has 0 heterocycles. The largest absolute Gasteiger partial charge is 0.317 e. The van der Waals surface area contributed by atoms with E-state index in [1.807, 2.05) is 6.92 Å². The minimum Gasteiger partial charge on any atom is -0.317 e. The molecule has 0 aromatic rings. The number of ketones is 1. The van der Waals surface area contributed by atoms with Crippen LogP contribution in [0.4, 0.5) is 0 Å². The summed E-state index contributed by atoms with van der Waals surface area (Å²) in [5, 5.41) is 8.64. The summed E-state index contributed by atoms with van der Waals surface area (Å²) in [7, 11) is 0. The minimum absolute atomic E-state index is 0.214. The van der Waals surface area contributed by atoms with Gasteiger partial charge in [-0.3, -0.25) is 4.79 Å². The number of hydrogen-bond acceptors (Lipinski definition) is 3. The van der Waals surface area contributed by atoms with Crippen molar-refractivity contribution in [1.29, 1.82) is 0 Å². The van der Waals surface area contributed by atoms with E-state index < -0.39 is 0 Å². The molecule has 1 aliphatic rings. The molecule has 3 nitrogen and oxygen atoms in total. The normalized spacial score (nSPS) is 30.2. The summed E-state index contributed by atoms with van der Waals surface area (Å²) in [5.41, 5.74) is 2.27. The molecule has 0 unspecified atom stereocenters. The molecule has 0 aliphatic heterocycles. The lowest BCUT2D eigenvalue weighted by atomic mass is 9.83. The SMILES string of the molecule is CCC(=O)[C@H]1CC[C@@H](NO)CC1. The second-order valence-electron chi connectivity index (χ2n) is 3.50. The lowest BCUT2D eigenvalue weighted by molar-refractivity contribution is -0.123. The number of carbonyl (C=O) groups excluding carboxylic acids is 1. The monoisotopic (exact) mass is 171 g/mol. The van der Waals surface area contributed by atoms with Gasteiger partial charge in [-0.15, -0.1) is 0 Å². The summed E-state index contributed by atoms with van der Waals surface area (Å²) in [6.07, 6.45) is 4.37. The Morgan fingerprint density at radius 1 is 1.42 bits per heavy atom. The maximum atomic E-state index is 11.3. The van der Waals surface area contributed by atoms with Crippen molar-refractivity contribution in [2.24, 2.45) is 5.92 Å². The molecule has 2 N–H and O–H groups in total.